The number of hydrogen-bond acceptors (Lipinski definition) is 2. The van der Waals surface area contributed by atoms with Crippen LogP contribution in [-0.2, 0) is 0 Å². The Hall–Kier alpha value is -1.58. The maximum Gasteiger partial charge on any atom is 0.254 e. The topological polar surface area (TPSA) is 55.1 Å². The van der Waals surface area contributed by atoms with Gasteiger partial charge in [-0.15, -0.1) is 0 Å². The third-order valence-corrected chi connectivity index (χ3v) is 3.59. The highest BCUT2D eigenvalue weighted by Gasteiger charge is 2.22. The van der Waals surface area contributed by atoms with E-state index in [2.05, 4.69) is 12.2 Å². The first-order valence-corrected chi connectivity index (χ1v) is 6.39. The molecule has 98 valence electrons. The summed E-state index contributed by atoms with van der Waals surface area (Å²) in [6.45, 7) is 2.86. The highest BCUT2D eigenvalue weighted by atomic mass is 19.1. The third-order valence-electron chi connectivity index (χ3n) is 3.59. The highest BCUT2D eigenvalue weighted by Crippen LogP contribution is 2.29. The van der Waals surface area contributed by atoms with Gasteiger partial charge in [-0.2, -0.15) is 0 Å². The van der Waals surface area contributed by atoms with Gasteiger partial charge in [0.15, 0.2) is 0 Å². The number of carbonyl (C=O) groups excluding carboxylic acids is 1. The number of carbonyl (C=O) groups is 1. The summed E-state index contributed by atoms with van der Waals surface area (Å²) in [6.07, 6.45) is 3.51. The van der Waals surface area contributed by atoms with Crippen LogP contribution in [0.25, 0.3) is 0 Å². The van der Waals surface area contributed by atoms with Gasteiger partial charge in [-0.05, 0) is 42.9 Å². The minimum Gasteiger partial charge on any atom is -0.399 e. The molecule has 1 aromatic rings. The Bertz CT molecular complexity index is 447. The number of benzene rings is 1. The summed E-state index contributed by atoms with van der Waals surface area (Å²) in [4.78, 5) is 11.8. The van der Waals surface area contributed by atoms with E-state index in [1.165, 1.54) is 24.6 Å². The molecule has 1 amide bonds. The van der Waals surface area contributed by atoms with Gasteiger partial charge >= 0.3 is 0 Å². The van der Waals surface area contributed by atoms with E-state index in [1.54, 1.807) is 0 Å². The van der Waals surface area contributed by atoms with Crippen LogP contribution in [0.5, 0.6) is 0 Å². The highest BCUT2D eigenvalue weighted by molar-refractivity contribution is 5.94. The first-order chi connectivity index (χ1) is 8.56. The number of hydrogen-bond donors (Lipinski definition) is 2. The van der Waals surface area contributed by atoms with Gasteiger partial charge in [-0.25, -0.2) is 4.39 Å². The Kier molecular flexibility index (Phi) is 3.84. The Morgan fingerprint density at radius 1 is 1.50 bits per heavy atom. The number of rotatable bonds is 3. The molecule has 18 heavy (non-hydrogen) atoms. The van der Waals surface area contributed by atoms with Crippen molar-refractivity contribution in [3.8, 4) is 0 Å². The molecular formula is C14H19FN2O. The van der Waals surface area contributed by atoms with E-state index in [9.17, 15) is 9.18 Å². The predicted molar refractivity (Wildman–Crippen MR) is 69.7 cm³/mol. The maximum atomic E-state index is 13.5. The van der Waals surface area contributed by atoms with E-state index in [0.717, 1.165) is 18.8 Å². The van der Waals surface area contributed by atoms with Gasteiger partial charge < -0.3 is 11.1 Å². The second kappa shape index (κ2) is 5.38. The molecule has 1 fully saturated rings. The van der Waals surface area contributed by atoms with E-state index >= 15 is 0 Å². The lowest BCUT2D eigenvalue weighted by atomic mass is 10.1. The first-order valence-electron chi connectivity index (χ1n) is 6.39. The summed E-state index contributed by atoms with van der Waals surface area (Å²) in [5, 5.41) is 2.80. The van der Waals surface area contributed by atoms with Crippen molar-refractivity contribution in [2.75, 3.05) is 12.3 Å². The molecule has 0 spiro atoms. The zero-order valence-electron chi connectivity index (χ0n) is 10.6. The summed E-state index contributed by atoms with van der Waals surface area (Å²) < 4.78 is 13.5. The van der Waals surface area contributed by atoms with Crippen molar-refractivity contribution >= 4 is 11.6 Å². The van der Waals surface area contributed by atoms with Crippen LogP contribution in [0.1, 0.15) is 36.5 Å². The van der Waals surface area contributed by atoms with E-state index < -0.39 is 5.82 Å². The largest absolute Gasteiger partial charge is 0.399 e. The van der Waals surface area contributed by atoms with Gasteiger partial charge in [-0.3, -0.25) is 4.79 Å². The lowest BCUT2D eigenvalue weighted by molar-refractivity contribution is 0.0943. The van der Waals surface area contributed by atoms with Crippen LogP contribution in [0.15, 0.2) is 18.2 Å². The average Bonchev–Trinajstić information content (AvgIpc) is 2.72. The summed E-state index contributed by atoms with van der Waals surface area (Å²) in [5.74, 6) is 0.347. The number of halogens is 1. The molecule has 0 saturated heterocycles. The molecule has 2 unspecified atom stereocenters. The molecule has 1 aliphatic carbocycles. The molecule has 1 saturated carbocycles. The van der Waals surface area contributed by atoms with Gasteiger partial charge in [0.2, 0.25) is 0 Å². The Labute approximate surface area is 107 Å². The van der Waals surface area contributed by atoms with E-state index in [-0.39, 0.29) is 11.5 Å². The molecule has 2 atom stereocenters. The van der Waals surface area contributed by atoms with Crippen LogP contribution in [-0.4, -0.2) is 12.5 Å². The second-order valence-electron chi connectivity index (χ2n) is 5.23. The molecule has 0 heterocycles. The average molecular weight is 250 g/mol. The smallest absolute Gasteiger partial charge is 0.254 e. The molecule has 3 nitrogen and oxygen atoms in total. The van der Waals surface area contributed by atoms with Crippen molar-refractivity contribution in [1.82, 2.24) is 5.32 Å². The predicted octanol–water partition coefficient (Wildman–Crippen LogP) is 2.57. The molecule has 0 radical (unpaired) electrons. The molecule has 1 aliphatic rings. The van der Waals surface area contributed by atoms with Crippen molar-refractivity contribution in [3.05, 3.63) is 29.6 Å². The zero-order valence-corrected chi connectivity index (χ0v) is 10.6. The van der Waals surface area contributed by atoms with Gasteiger partial charge in [-0.1, -0.05) is 13.3 Å². The number of nitrogens with two attached hydrogens (primary N) is 1. The maximum absolute atomic E-state index is 13.5. The van der Waals surface area contributed by atoms with Gasteiger partial charge in [0.05, 0.1) is 5.56 Å². The lowest BCUT2D eigenvalue weighted by Gasteiger charge is -2.11. The fourth-order valence-electron chi connectivity index (χ4n) is 2.56. The van der Waals surface area contributed by atoms with Gasteiger partial charge in [0.25, 0.3) is 5.91 Å². The molecule has 0 aromatic heterocycles. The molecule has 0 aliphatic heterocycles. The summed E-state index contributed by atoms with van der Waals surface area (Å²) >= 11 is 0. The lowest BCUT2D eigenvalue weighted by Crippen LogP contribution is -2.29. The fourth-order valence-corrected chi connectivity index (χ4v) is 2.56. The minimum atomic E-state index is -0.563. The monoisotopic (exact) mass is 250 g/mol. The van der Waals surface area contributed by atoms with Gasteiger partial charge in [0, 0.05) is 12.2 Å². The van der Waals surface area contributed by atoms with E-state index in [1.807, 2.05) is 0 Å². The SMILES string of the molecule is CC1CCC(CNC(=O)c2ccc(N)cc2F)C1. The van der Waals surface area contributed by atoms with Crippen molar-refractivity contribution in [3.63, 3.8) is 0 Å². The third kappa shape index (κ3) is 3.00. The molecule has 1 aromatic carbocycles. The minimum absolute atomic E-state index is 0.0650. The van der Waals surface area contributed by atoms with Crippen molar-refractivity contribution in [2.45, 2.75) is 26.2 Å². The van der Waals surface area contributed by atoms with Crippen LogP contribution in [0, 0.1) is 17.7 Å². The normalized spacial score (nSPS) is 23.0. The van der Waals surface area contributed by atoms with Gasteiger partial charge in [0.1, 0.15) is 5.82 Å². The fraction of sp³-hybridized carbons (Fsp3) is 0.500. The first kappa shape index (κ1) is 12.9. The number of nitrogen functional groups attached to an aromatic ring is 1. The number of amides is 1. The Morgan fingerprint density at radius 2 is 2.28 bits per heavy atom. The number of anilines is 1. The molecule has 3 N–H and O–H groups in total. The summed E-state index contributed by atoms with van der Waals surface area (Å²) in [5.41, 5.74) is 5.84. The molecular weight excluding hydrogens is 231 g/mol. The van der Waals surface area contributed by atoms with E-state index in [0.29, 0.717) is 18.2 Å². The van der Waals surface area contributed by atoms with Crippen LogP contribution < -0.4 is 11.1 Å². The standard InChI is InChI=1S/C14H19FN2O/c1-9-2-3-10(6-9)8-17-14(18)12-5-4-11(16)7-13(12)15/h4-5,7,9-10H,2-3,6,8,16H2,1H3,(H,17,18). The van der Waals surface area contributed by atoms with Crippen molar-refractivity contribution in [2.24, 2.45) is 11.8 Å². The molecule has 4 heteroatoms. The zero-order chi connectivity index (χ0) is 13.1. The molecule has 0 bridgehead atoms. The Morgan fingerprint density at radius 3 is 2.89 bits per heavy atom. The second-order valence-corrected chi connectivity index (χ2v) is 5.23. The van der Waals surface area contributed by atoms with Crippen LogP contribution in [0.2, 0.25) is 0 Å². The van der Waals surface area contributed by atoms with Crippen molar-refractivity contribution < 1.29 is 9.18 Å². The van der Waals surface area contributed by atoms with Crippen LogP contribution in [0.4, 0.5) is 10.1 Å². The Balaban J connectivity index is 1.91. The summed E-state index contributed by atoms with van der Waals surface area (Å²) in [6, 6.07) is 4.14. The van der Waals surface area contributed by atoms with Crippen LogP contribution in [0.3, 0.4) is 0 Å². The van der Waals surface area contributed by atoms with Crippen molar-refractivity contribution in [1.29, 1.82) is 0 Å². The van der Waals surface area contributed by atoms with Crippen LogP contribution >= 0.6 is 0 Å². The van der Waals surface area contributed by atoms with E-state index in [4.69, 9.17) is 5.73 Å². The quantitative estimate of drug-likeness (QED) is 0.810. The summed E-state index contributed by atoms with van der Waals surface area (Å²) in [7, 11) is 0. The molecule has 2 rings (SSSR count). The number of nitrogens with one attached hydrogen (secondary N) is 1.